The lowest BCUT2D eigenvalue weighted by Gasteiger charge is -2.32. The minimum Gasteiger partial charge on any atom is -0.355 e. The van der Waals surface area contributed by atoms with E-state index in [1.807, 2.05) is 22.4 Å². The maximum absolute atomic E-state index is 12.7. The number of amides is 1. The van der Waals surface area contributed by atoms with Crippen LogP contribution in [0.3, 0.4) is 0 Å². The van der Waals surface area contributed by atoms with E-state index < -0.39 is 11.7 Å². The Labute approximate surface area is 164 Å². The maximum atomic E-state index is 12.7. The second kappa shape index (κ2) is 8.48. The van der Waals surface area contributed by atoms with Crippen LogP contribution < -0.4 is 10.2 Å². The zero-order valence-corrected chi connectivity index (χ0v) is 16.0. The molecule has 3 rings (SSSR count). The number of nitrogens with one attached hydrogen (secondary N) is 1. The van der Waals surface area contributed by atoms with Crippen molar-refractivity contribution in [3.05, 3.63) is 45.2 Å². The Bertz CT molecular complexity index is 775. The van der Waals surface area contributed by atoms with Gasteiger partial charge in [-0.05, 0) is 36.8 Å². The van der Waals surface area contributed by atoms with Crippen molar-refractivity contribution in [1.29, 1.82) is 0 Å². The standard InChI is InChI=1S/C18H19ClF3N3OS/c19-15-10-13(18(20,21)22)11-24-16(15)25-7-4-12(5-8-25)17(26)23-6-3-14-2-1-9-27-14/h1-2,9-12H,3-8H2,(H,23,26). The van der Waals surface area contributed by atoms with Crippen molar-refractivity contribution < 1.29 is 18.0 Å². The minimum atomic E-state index is -4.47. The number of hydrogen-bond acceptors (Lipinski definition) is 4. The summed E-state index contributed by atoms with van der Waals surface area (Å²) in [7, 11) is 0. The number of pyridine rings is 1. The van der Waals surface area contributed by atoms with Gasteiger partial charge in [0.25, 0.3) is 0 Å². The number of halogens is 4. The molecule has 0 bridgehead atoms. The SMILES string of the molecule is O=C(NCCc1cccs1)C1CCN(c2ncc(C(F)(F)F)cc2Cl)CC1. The third-order valence-electron chi connectivity index (χ3n) is 4.57. The first-order chi connectivity index (χ1) is 12.8. The maximum Gasteiger partial charge on any atom is 0.417 e. The van der Waals surface area contributed by atoms with Crippen LogP contribution in [0.25, 0.3) is 0 Å². The highest BCUT2D eigenvalue weighted by Gasteiger charge is 2.33. The highest BCUT2D eigenvalue weighted by molar-refractivity contribution is 7.09. The predicted octanol–water partition coefficient (Wildman–Crippen LogP) is 4.39. The number of aromatic nitrogens is 1. The monoisotopic (exact) mass is 417 g/mol. The topological polar surface area (TPSA) is 45.2 Å². The van der Waals surface area contributed by atoms with Gasteiger partial charge in [-0.15, -0.1) is 11.3 Å². The van der Waals surface area contributed by atoms with Crippen molar-refractivity contribution in [2.75, 3.05) is 24.5 Å². The number of carbonyl (C=O) groups is 1. The third kappa shape index (κ3) is 5.13. The van der Waals surface area contributed by atoms with Crippen molar-refractivity contribution >= 4 is 34.7 Å². The number of alkyl halides is 3. The zero-order valence-electron chi connectivity index (χ0n) is 14.4. The Morgan fingerprint density at radius 1 is 1.37 bits per heavy atom. The van der Waals surface area contributed by atoms with Crippen LogP contribution in [0.15, 0.2) is 29.8 Å². The fourth-order valence-electron chi connectivity index (χ4n) is 3.08. The molecule has 27 heavy (non-hydrogen) atoms. The first-order valence-electron chi connectivity index (χ1n) is 8.62. The van der Waals surface area contributed by atoms with E-state index in [1.54, 1.807) is 11.3 Å². The molecule has 0 saturated carbocycles. The normalized spacial score (nSPS) is 15.8. The van der Waals surface area contributed by atoms with Crippen LogP contribution in [0.4, 0.5) is 19.0 Å². The van der Waals surface area contributed by atoms with Crippen molar-refractivity contribution in [1.82, 2.24) is 10.3 Å². The van der Waals surface area contributed by atoms with Gasteiger partial charge in [0.15, 0.2) is 0 Å². The Kier molecular flexibility index (Phi) is 6.26. The Balaban J connectivity index is 1.50. The van der Waals surface area contributed by atoms with E-state index in [-0.39, 0.29) is 16.8 Å². The molecule has 146 valence electrons. The van der Waals surface area contributed by atoms with Gasteiger partial charge in [0.1, 0.15) is 5.82 Å². The Morgan fingerprint density at radius 3 is 2.70 bits per heavy atom. The average Bonchev–Trinajstić information content (AvgIpc) is 3.14. The molecule has 3 heterocycles. The lowest BCUT2D eigenvalue weighted by Crippen LogP contribution is -2.41. The summed E-state index contributed by atoms with van der Waals surface area (Å²) in [6.07, 6.45) is -1.63. The van der Waals surface area contributed by atoms with Crippen LogP contribution in [-0.4, -0.2) is 30.5 Å². The van der Waals surface area contributed by atoms with Crippen molar-refractivity contribution in [3.8, 4) is 0 Å². The number of thiophene rings is 1. The van der Waals surface area contributed by atoms with E-state index in [0.717, 1.165) is 18.7 Å². The molecule has 1 aliphatic heterocycles. The van der Waals surface area contributed by atoms with E-state index in [1.165, 1.54) is 4.88 Å². The van der Waals surface area contributed by atoms with Gasteiger partial charge < -0.3 is 10.2 Å². The molecule has 1 aliphatic rings. The van der Waals surface area contributed by atoms with Gasteiger partial charge in [-0.3, -0.25) is 4.79 Å². The summed E-state index contributed by atoms with van der Waals surface area (Å²) >= 11 is 7.67. The van der Waals surface area contributed by atoms with Gasteiger partial charge >= 0.3 is 6.18 Å². The fourth-order valence-corrected chi connectivity index (χ4v) is 4.07. The minimum absolute atomic E-state index is 0.0244. The quantitative estimate of drug-likeness (QED) is 0.784. The van der Waals surface area contributed by atoms with Crippen molar-refractivity contribution in [2.45, 2.75) is 25.4 Å². The molecular formula is C18H19ClF3N3OS. The molecule has 1 saturated heterocycles. The van der Waals surface area contributed by atoms with Crippen LogP contribution >= 0.6 is 22.9 Å². The van der Waals surface area contributed by atoms with Crippen LogP contribution in [0.5, 0.6) is 0 Å². The van der Waals surface area contributed by atoms with Crippen LogP contribution in [0.2, 0.25) is 5.02 Å². The summed E-state index contributed by atoms with van der Waals surface area (Å²) in [5.74, 6) is 0.261. The van der Waals surface area contributed by atoms with Gasteiger partial charge in [-0.1, -0.05) is 17.7 Å². The third-order valence-corrected chi connectivity index (χ3v) is 5.78. The molecule has 0 radical (unpaired) electrons. The molecular weight excluding hydrogens is 399 g/mol. The van der Waals surface area contributed by atoms with E-state index in [4.69, 9.17) is 11.6 Å². The smallest absolute Gasteiger partial charge is 0.355 e. The van der Waals surface area contributed by atoms with E-state index >= 15 is 0 Å². The van der Waals surface area contributed by atoms with Crippen LogP contribution in [0.1, 0.15) is 23.3 Å². The van der Waals surface area contributed by atoms with Crippen LogP contribution in [0, 0.1) is 5.92 Å². The first kappa shape index (κ1) is 19.9. The number of anilines is 1. The van der Waals surface area contributed by atoms with Gasteiger partial charge in [-0.2, -0.15) is 13.2 Å². The number of rotatable bonds is 5. The molecule has 1 N–H and O–H groups in total. The van der Waals surface area contributed by atoms with Crippen molar-refractivity contribution in [2.24, 2.45) is 5.92 Å². The highest BCUT2D eigenvalue weighted by atomic mass is 35.5. The fraction of sp³-hybridized carbons (Fsp3) is 0.444. The second-order valence-corrected chi connectivity index (χ2v) is 7.85. The molecule has 4 nitrogen and oxygen atoms in total. The van der Waals surface area contributed by atoms with Gasteiger partial charge in [-0.25, -0.2) is 4.98 Å². The highest BCUT2D eigenvalue weighted by Crippen LogP contribution is 2.34. The molecule has 0 unspecified atom stereocenters. The molecule has 2 aromatic heterocycles. The average molecular weight is 418 g/mol. The molecule has 0 atom stereocenters. The first-order valence-corrected chi connectivity index (χ1v) is 9.88. The number of hydrogen-bond donors (Lipinski definition) is 1. The van der Waals surface area contributed by atoms with Gasteiger partial charge in [0.05, 0.1) is 10.6 Å². The van der Waals surface area contributed by atoms with Crippen molar-refractivity contribution in [3.63, 3.8) is 0 Å². The number of carbonyl (C=O) groups excluding carboxylic acids is 1. The summed E-state index contributed by atoms with van der Waals surface area (Å²) in [6.45, 7) is 1.66. The Morgan fingerprint density at radius 2 is 2.11 bits per heavy atom. The van der Waals surface area contributed by atoms with E-state index in [2.05, 4.69) is 10.3 Å². The van der Waals surface area contributed by atoms with Gasteiger partial charge in [0, 0.05) is 36.6 Å². The predicted molar refractivity (Wildman–Crippen MR) is 100 cm³/mol. The zero-order chi connectivity index (χ0) is 19.4. The molecule has 0 aliphatic carbocycles. The number of nitrogens with zero attached hydrogens (tertiary/aromatic N) is 2. The lowest BCUT2D eigenvalue weighted by atomic mass is 9.96. The van der Waals surface area contributed by atoms with Crippen LogP contribution in [-0.2, 0) is 17.4 Å². The summed E-state index contributed by atoms with van der Waals surface area (Å²) in [6, 6.07) is 4.92. The lowest BCUT2D eigenvalue weighted by molar-refractivity contribution is -0.137. The molecule has 1 fully saturated rings. The summed E-state index contributed by atoms with van der Waals surface area (Å²) in [5.41, 5.74) is -0.865. The molecule has 0 aromatic carbocycles. The summed E-state index contributed by atoms with van der Waals surface area (Å²) < 4.78 is 38.2. The molecule has 1 amide bonds. The largest absolute Gasteiger partial charge is 0.417 e. The molecule has 9 heteroatoms. The summed E-state index contributed by atoms with van der Waals surface area (Å²) in [4.78, 5) is 19.3. The molecule has 0 spiro atoms. The van der Waals surface area contributed by atoms with E-state index in [9.17, 15) is 18.0 Å². The summed E-state index contributed by atoms with van der Waals surface area (Å²) in [5, 5.41) is 4.95. The van der Waals surface area contributed by atoms with Gasteiger partial charge in [0.2, 0.25) is 5.91 Å². The number of piperidine rings is 1. The molecule has 2 aromatic rings. The Hall–Kier alpha value is -1.80. The van der Waals surface area contributed by atoms with E-state index in [0.29, 0.717) is 38.3 Å². The second-order valence-electron chi connectivity index (χ2n) is 6.41.